The van der Waals surface area contributed by atoms with Gasteiger partial charge in [-0.05, 0) is 68.9 Å². The minimum Gasteiger partial charge on any atom is -0.364 e. The topological polar surface area (TPSA) is 44.7 Å². The Morgan fingerprint density at radius 3 is 2.64 bits per heavy atom. The van der Waals surface area contributed by atoms with Crippen LogP contribution in [0.1, 0.15) is 63.6 Å². The standard InChI is InChI=1S/C24H31N3O/c1-17(2)27-22-12-11-20(13-21(22)18(3)15-24(27,4)5)16-25-26-23(28)14-19-9-7-6-8-10-19/h6-13,16-18H,14-15H2,1-5H3,(H,26,28)/b25-16+. The summed E-state index contributed by atoms with van der Waals surface area (Å²) in [5, 5.41) is 4.16. The zero-order chi connectivity index (χ0) is 20.3. The molecule has 0 fully saturated rings. The lowest BCUT2D eigenvalue weighted by Gasteiger charge is -2.50. The molecular weight excluding hydrogens is 346 g/mol. The molecule has 0 saturated heterocycles. The largest absolute Gasteiger partial charge is 0.364 e. The molecule has 4 nitrogen and oxygen atoms in total. The first-order chi connectivity index (χ1) is 13.3. The van der Waals surface area contributed by atoms with Crippen LogP contribution >= 0.6 is 0 Å². The summed E-state index contributed by atoms with van der Waals surface area (Å²) in [7, 11) is 0. The van der Waals surface area contributed by atoms with Crippen LogP contribution in [0.5, 0.6) is 0 Å². The number of benzene rings is 2. The molecular formula is C24H31N3O. The molecule has 1 heterocycles. The molecule has 2 aromatic carbocycles. The molecule has 0 saturated carbocycles. The van der Waals surface area contributed by atoms with Crippen LogP contribution < -0.4 is 10.3 Å². The number of nitrogens with zero attached hydrogens (tertiary/aromatic N) is 2. The molecule has 2 aromatic rings. The lowest BCUT2D eigenvalue weighted by molar-refractivity contribution is -0.120. The quantitative estimate of drug-likeness (QED) is 0.596. The van der Waals surface area contributed by atoms with Crippen molar-refractivity contribution in [3.63, 3.8) is 0 Å². The Bertz CT molecular complexity index is 855. The number of rotatable bonds is 5. The van der Waals surface area contributed by atoms with Crippen molar-refractivity contribution in [2.24, 2.45) is 5.10 Å². The number of hydrogen-bond donors (Lipinski definition) is 1. The van der Waals surface area contributed by atoms with E-state index in [2.05, 4.69) is 68.2 Å². The van der Waals surface area contributed by atoms with Crippen molar-refractivity contribution >= 4 is 17.8 Å². The van der Waals surface area contributed by atoms with E-state index < -0.39 is 0 Å². The molecule has 1 amide bonds. The Hall–Kier alpha value is -2.62. The molecule has 1 N–H and O–H groups in total. The van der Waals surface area contributed by atoms with E-state index in [0.29, 0.717) is 18.4 Å². The Labute approximate surface area is 168 Å². The fourth-order valence-corrected chi connectivity index (χ4v) is 4.53. The fourth-order valence-electron chi connectivity index (χ4n) is 4.53. The number of fused-ring (bicyclic) bond motifs is 1. The van der Waals surface area contributed by atoms with E-state index in [1.807, 2.05) is 30.3 Å². The first-order valence-corrected chi connectivity index (χ1v) is 10.1. The van der Waals surface area contributed by atoms with Gasteiger partial charge < -0.3 is 4.90 Å². The molecule has 1 atom stereocenters. The van der Waals surface area contributed by atoms with E-state index in [-0.39, 0.29) is 11.4 Å². The van der Waals surface area contributed by atoms with Gasteiger partial charge in [-0.15, -0.1) is 0 Å². The van der Waals surface area contributed by atoms with E-state index in [4.69, 9.17) is 0 Å². The monoisotopic (exact) mass is 377 g/mol. The molecule has 1 aliphatic heterocycles. The number of nitrogens with one attached hydrogen (secondary N) is 1. The van der Waals surface area contributed by atoms with Crippen LogP contribution in [0.4, 0.5) is 5.69 Å². The minimum absolute atomic E-state index is 0.110. The van der Waals surface area contributed by atoms with Crippen LogP contribution in [-0.2, 0) is 11.2 Å². The molecule has 1 unspecified atom stereocenters. The van der Waals surface area contributed by atoms with Gasteiger partial charge in [0.15, 0.2) is 0 Å². The number of amides is 1. The van der Waals surface area contributed by atoms with Crippen molar-refractivity contribution in [1.82, 2.24) is 5.43 Å². The Kier molecular flexibility index (Phi) is 5.87. The summed E-state index contributed by atoms with van der Waals surface area (Å²) < 4.78 is 0. The van der Waals surface area contributed by atoms with Gasteiger partial charge in [-0.25, -0.2) is 5.43 Å². The van der Waals surface area contributed by atoms with E-state index in [9.17, 15) is 4.79 Å². The normalized spacial score (nSPS) is 18.4. The Balaban J connectivity index is 1.72. The molecule has 0 spiro atoms. The summed E-state index contributed by atoms with van der Waals surface area (Å²) in [6.07, 6.45) is 3.18. The molecule has 1 aliphatic rings. The van der Waals surface area contributed by atoms with Gasteiger partial charge in [0.1, 0.15) is 0 Å². The zero-order valence-electron chi connectivity index (χ0n) is 17.6. The molecule has 4 heteroatoms. The lowest BCUT2D eigenvalue weighted by Crippen LogP contribution is -2.51. The number of carbonyl (C=O) groups excluding carboxylic acids is 1. The van der Waals surface area contributed by atoms with Crippen molar-refractivity contribution in [2.45, 2.75) is 65.0 Å². The highest BCUT2D eigenvalue weighted by Gasteiger charge is 2.37. The molecule has 0 aliphatic carbocycles. The third kappa shape index (κ3) is 4.44. The Morgan fingerprint density at radius 1 is 1.25 bits per heavy atom. The third-order valence-electron chi connectivity index (χ3n) is 5.43. The van der Waals surface area contributed by atoms with E-state index in [1.165, 1.54) is 11.3 Å². The van der Waals surface area contributed by atoms with Gasteiger partial charge in [-0.1, -0.05) is 43.3 Å². The van der Waals surface area contributed by atoms with E-state index >= 15 is 0 Å². The van der Waals surface area contributed by atoms with Crippen molar-refractivity contribution in [2.75, 3.05) is 4.90 Å². The van der Waals surface area contributed by atoms with Crippen LogP contribution in [0.2, 0.25) is 0 Å². The third-order valence-corrected chi connectivity index (χ3v) is 5.43. The summed E-state index contributed by atoms with van der Waals surface area (Å²) in [4.78, 5) is 14.6. The van der Waals surface area contributed by atoms with Crippen LogP contribution in [0, 0.1) is 0 Å². The van der Waals surface area contributed by atoms with E-state index in [1.54, 1.807) is 6.21 Å². The van der Waals surface area contributed by atoms with Crippen LogP contribution in [0.25, 0.3) is 0 Å². The summed E-state index contributed by atoms with van der Waals surface area (Å²) >= 11 is 0. The predicted octanol–water partition coefficient (Wildman–Crippen LogP) is 4.88. The highest BCUT2D eigenvalue weighted by molar-refractivity contribution is 5.84. The first kappa shape index (κ1) is 20.1. The van der Waals surface area contributed by atoms with Gasteiger partial charge in [-0.2, -0.15) is 5.10 Å². The molecule has 148 valence electrons. The molecule has 28 heavy (non-hydrogen) atoms. The van der Waals surface area contributed by atoms with Crippen LogP contribution in [-0.4, -0.2) is 23.7 Å². The predicted molar refractivity (Wildman–Crippen MR) is 117 cm³/mol. The fraction of sp³-hybridized carbons (Fsp3) is 0.417. The lowest BCUT2D eigenvalue weighted by atomic mass is 9.79. The van der Waals surface area contributed by atoms with Gasteiger partial charge >= 0.3 is 0 Å². The van der Waals surface area contributed by atoms with Gasteiger partial charge in [0.25, 0.3) is 0 Å². The molecule has 0 aromatic heterocycles. The smallest absolute Gasteiger partial charge is 0.244 e. The molecule has 0 bridgehead atoms. The first-order valence-electron chi connectivity index (χ1n) is 10.1. The summed E-state index contributed by atoms with van der Waals surface area (Å²) in [5.41, 5.74) is 7.42. The van der Waals surface area contributed by atoms with Crippen LogP contribution in [0.3, 0.4) is 0 Å². The van der Waals surface area contributed by atoms with Gasteiger partial charge in [-0.3, -0.25) is 4.79 Å². The van der Waals surface area contributed by atoms with Gasteiger partial charge in [0, 0.05) is 17.3 Å². The highest BCUT2D eigenvalue weighted by atomic mass is 16.2. The average molecular weight is 378 g/mol. The second-order valence-corrected chi connectivity index (χ2v) is 8.66. The summed E-state index contributed by atoms with van der Waals surface area (Å²) in [6, 6.07) is 16.6. The highest BCUT2D eigenvalue weighted by Crippen LogP contribution is 2.44. The van der Waals surface area contributed by atoms with Gasteiger partial charge in [0.2, 0.25) is 5.91 Å². The summed E-state index contributed by atoms with van der Waals surface area (Å²) in [5.74, 6) is 0.377. The zero-order valence-corrected chi connectivity index (χ0v) is 17.6. The van der Waals surface area contributed by atoms with Crippen molar-refractivity contribution in [1.29, 1.82) is 0 Å². The van der Waals surface area contributed by atoms with Crippen molar-refractivity contribution in [3.05, 3.63) is 65.2 Å². The van der Waals surface area contributed by atoms with Crippen LogP contribution in [0.15, 0.2) is 53.6 Å². The van der Waals surface area contributed by atoms with Gasteiger partial charge in [0.05, 0.1) is 12.6 Å². The number of carbonyl (C=O) groups is 1. The average Bonchev–Trinajstić information content (AvgIpc) is 2.62. The maximum Gasteiger partial charge on any atom is 0.244 e. The molecule has 3 rings (SSSR count). The van der Waals surface area contributed by atoms with E-state index in [0.717, 1.165) is 17.5 Å². The SMILES string of the molecule is CC1CC(C)(C)N(C(C)C)c2ccc(/C=N/NC(=O)Cc3ccccc3)cc21. The second-order valence-electron chi connectivity index (χ2n) is 8.66. The van der Waals surface area contributed by atoms with Crippen molar-refractivity contribution < 1.29 is 4.79 Å². The maximum absolute atomic E-state index is 12.0. The molecule has 0 radical (unpaired) electrons. The number of hydrazone groups is 1. The maximum atomic E-state index is 12.0. The minimum atomic E-state index is -0.110. The van der Waals surface area contributed by atoms with Crippen molar-refractivity contribution in [3.8, 4) is 0 Å². The number of anilines is 1. The Morgan fingerprint density at radius 2 is 1.96 bits per heavy atom. The second kappa shape index (κ2) is 8.17. The number of hydrogen-bond acceptors (Lipinski definition) is 3. The summed E-state index contributed by atoms with van der Waals surface area (Å²) in [6.45, 7) is 11.4.